The Kier molecular flexibility index (Phi) is 5.39. The quantitative estimate of drug-likeness (QED) is 0.519. The zero-order valence-corrected chi connectivity index (χ0v) is 15.5. The minimum Gasteiger partial charge on any atom is -0.350 e. The average molecular weight is 390 g/mol. The predicted molar refractivity (Wildman–Crippen MR) is 101 cm³/mol. The molecule has 0 saturated carbocycles. The second-order valence-corrected chi connectivity index (χ2v) is 7.42. The molecule has 0 atom stereocenters. The molecule has 0 fully saturated rings. The highest BCUT2D eigenvalue weighted by atomic mass is 35.5. The van der Waals surface area contributed by atoms with Gasteiger partial charge in [-0.2, -0.15) is 0 Å². The molecule has 3 rings (SSSR count). The van der Waals surface area contributed by atoms with Crippen LogP contribution in [-0.4, -0.2) is 22.2 Å². The number of nitrogens with zero attached hydrogens (tertiary/aromatic N) is 1. The van der Waals surface area contributed by atoms with Gasteiger partial charge in [0, 0.05) is 37.0 Å². The number of para-hydroxylation sites is 1. The number of amides is 2. The van der Waals surface area contributed by atoms with Gasteiger partial charge in [0.25, 0.3) is 5.91 Å². The van der Waals surface area contributed by atoms with Gasteiger partial charge in [-0.15, -0.1) is 11.3 Å². The number of hydrogen-bond donors (Lipinski definition) is 2. The van der Waals surface area contributed by atoms with Crippen molar-refractivity contribution in [2.75, 3.05) is 0 Å². The van der Waals surface area contributed by atoms with E-state index in [-0.39, 0.29) is 18.6 Å². The summed E-state index contributed by atoms with van der Waals surface area (Å²) in [6.45, 7) is 0. The average Bonchev–Trinajstić information content (AvgIpc) is 3.22. The molecule has 2 heterocycles. The number of carbonyl (C=O) groups excluding carboxylic acids is 3. The van der Waals surface area contributed by atoms with E-state index in [0.717, 1.165) is 10.9 Å². The lowest BCUT2D eigenvalue weighted by atomic mass is 10.2. The van der Waals surface area contributed by atoms with E-state index in [9.17, 15) is 14.4 Å². The molecule has 2 aromatic heterocycles. The van der Waals surface area contributed by atoms with E-state index in [1.165, 1.54) is 11.3 Å². The smallest absolute Gasteiger partial charge is 0.271 e. The first-order chi connectivity index (χ1) is 12.5. The number of benzene rings is 1. The lowest BCUT2D eigenvalue weighted by Crippen LogP contribution is -2.41. The SMILES string of the molecule is Cn1cc(C(=O)NNC(=O)CCC(=O)c2ccc(Cl)s2)c2ccccc21. The van der Waals surface area contributed by atoms with Gasteiger partial charge in [-0.3, -0.25) is 25.2 Å². The molecule has 0 unspecified atom stereocenters. The topological polar surface area (TPSA) is 80.2 Å². The van der Waals surface area contributed by atoms with Crippen LogP contribution in [0.1, 0.15) is 32.9 Å². The molecule has 0 saturated heterocycles. The zero-order chi connectivity index (χ0) is 18.7. The summed E-state index contributed by atoms with van der Waals surface area (Å²) in [7, 11) is 1.85. The summed E-state index contributed by atoms with van der Waals surface area (Å²) in [5, 5.41) is 0.798. The minimum atomic E-state index is -0.436. The van der Waals surface area contributed by atoms with Crippen molar-refractivity contribution in [3.63, 3.8) is 0 Å². The molecule has 134 valence electrons. The van der Waals surface area contributed by atoms with Gasteiger partial charge in [-0.1, -0.05) is 29.8 Å². The molecule has 0 aliphatic rings. The van der Waals surface area contributed by atoms with Crippen molar-refractivity contribution >= 4 is 51.4 Å². The van der Waals surface area contributed by atoms with Crippen molar-refractivity contribution in [3.05, 3.63) is 57.4 Å². The number of carbonyl (C=O) groups is 3. The number of hydrogen-bond acceptors (Lipinski definition) is 4. The van der Waals surface area contributed by atoms with Crippen LogP contribution < -0.4 is 10.9 Å². The van der Waals surface area contributed by atoms with Crippen LogP contribution in [-0.2, 0) is 11.8 Å². The van der Waals surface area contributed by atoms with Crippen LogP contribution in [0.4, 0.5) is 0 Å². The molecule has 0 aliphatic heterocycles. The maximum absolute atomic E-state index is 12.3. The lowest BCUT2D eigenvalue weighted by Gasteiger charge is -2.06. The monoisotopic (exact) mass is 389 g/mol. The third kappa shape index (κ3) is 3.95. The highest BCUT2D eigenvalue weighted by molar-refractivity contribution is 7.18. The third-order valence-electron chi connectivity index (χ3n) is 3.88. The minimum absolute atomic E-state index is 0.0236. The number of aromatic nitrogens is 1. The Labute approximate surface area is 158 Å². The van der Waals surface area contributed by atoms with Gasteiger partial charge >= 0.3 is 0 Å². The van der Waals surface area contributed by atoms with Gasteiger partial charge in [0.1, 0.15) is 0 Å². The number of nitrogens with one attached hydrogen (secondary N) is 2. The van der Waals surface area contributed by atoms with Crippen molar-refractivity contribution in [2.24, 2.45) is 7.05 Å². The Morgan fingerprint density at radius 1 is 1.08 bits per heavy atom. The fourth-order valence-corrected chi connectivity index (χ4v) is 3.60. The van der Waals surface area contributed by atoms with Crippen molar-refractivity contribution in [1.29, 1.82) is 0 Å². The lowest BCUT2D eigenvalue weighted by molar-refractivity contribution is -0.121. The van der Waals surface area contributed by atoms with Gasteiger partial charge in [-0.05, 0) is 18.2 Å². The summed E-state index contributed by atoms with van der Waals surface area (Å²) in [6.07, 6.45) is 1.73. The standard InChI is InChI=1S/C18H16ClN3O3S/c1-22-10-12(11-4-2-3-5-13(11)22)18(25)21-20-17(24)9-6-14(23)15-7-8-16(19)26-15/h2-5,7-8,10H,6,9H2,1H3,(H,20,24)(H,21,25). The maximum Gasteiger partial charge on any atom is 0.271 e. The summed E-state index contributed by atoms with van der Waals surface area (Å²) < 4.78 is 2.37. The molecule has 8 heteroatoms. The Balaban J connectivity index is 1.54. The van der Waals surface area contributed by atoms with Crippen LogP contribution >= 0.6 is 22.9 Å². The molecule has 2 amide bonds. The number of Topliss-reactive ketones (excluding diaryl/α,β-unsaturated/α-hetero) is 1. The van der Waals surface area contributed by atoms with Gasteiger partial charge < -0.3 is 4.57 Å². The Morgan fingerprint density at radius 3 is 2.58 bits per heavy atom. The molecule has 1 aromatic carbocycles. The van der Waals surface area contributed by atoms with E-state index in [2.05, 4.69) is 10.9 Å². The fourth-order valence-electron chi connectivity index (χ4n) is 2.59. The van der Waals surface area contributed by atoms with E-state index in [1.54, 1.807) is 18.3 Å². The normalized spacial score (nSPS) is 10.7. The van der Waals surface area contributed by atoms with E-state index in [4.69, 9.17) is 11.6 Å². The van der Waals surface area contributed by atoms with Gasteiger partial charge in [0.05, 0.1) is 14.8 Å². The van der Waals surface area contributed by atoms with Gasteiger partial charge in [0.15, 0.2) is 5.78 Å². The van der Waals surface area contributed by atoms with Crippen LogP contribution in [0.2, 0.25) is 4.34 Å². The Bertz CT molecular complexity index is 993. The first-order valence-electron chi connectivity index (χ1n) is 7.87. The fraction of sp³-hybridized carbons (Fsp3) is 0.167. The summed E-state index contributed by atoms with van der Waals surface area (Å²) in [5.74, 6) is -1.00. The number of thiophene rings is 1. The number of fused-ring (bicyclic) bond motifs is 1. The van der Waals surface area contributed by atoms with Crippen molar-refractivity contribution in [1.82, 2.24) is 15.4 Å². The highest BCUT2D eigenvalue weighted by Gasteiger charge is 2.15. The van der Waals surface area contributed by atoms with Crippen LogP contribution in [0.5, 0.6) is 0 Å². The Morgan fingerprint density at radius 2 is 1.85 bits per heavy atom. The van der Waals surface area contributed by atoms with Crippen LogP contribution in [0.15, 0.2) is 42.6 Å². The predicted octanol–water partition coefficient (Wildman–Crippen LogP) is 3.32. The number of ketones is 1. The largest absolute Gasteiger partial charge is 0.350 e. The molecule has 3 aromatic rings. The number of hydrazine groups is 1. The molecular weight excluding hydrogens is 374 g/mol. The molecule has 2 N–H and O–H groups in total. The van der Waals surface area contributed by atoms with Gasteiger partial charge in [-0.25, -0.2) is 0 Å². The molecular formula is C18H16ClN3O3S. The zero-order valence-electron chi connectivity index (χ0n) is 13.9. The molecule has 26 heavy (non-hydrogen) atoms. The van der Waals surface area contributed by atoms with Crippen molar-refractivity contribution < 1.29 is 14.4 Å². The summed E-state index contributed by atoms with van der Waals surface area (Å²) in [4.78, 5) is 36.7. The second kappa shape index (κ2) is 7.72. The summed E-state index contributed by atoms with van der Waals surface area (Å²) in [6, 6.07) is 10.8. The van der Waals surface area contributed by atoms with Gasteiger partial charge in [0.2, 0.25) is 5.91 Å². The highest BCUT2D eigenvalue weighted by Crippen LogP contribution is 2.23. The van der Waals surface area contributed by atoms with Crippen molar-refractivity contribution in [2.45, 2.75) is 12.8 Å². The molecule has 0 aliphatic carbocycles. The molecule has 6 nitrogen and oxygen atoms in total. The summed E-state index contributed by atoms with van der Waals surface area (Å²) >= 11 is 6.97. The van der Waals surface area contributed by atoms with Crippen LogP contribution in [0, 0.1) is 0 Å². The van der Waals surface area contributed by atoms with Crippen LogP contribution in [0.3, 0.4) is 0 Å². The molecule has 0 spiro atoms. The van der Waals surface area contributed by atoms with E-state index in [1.807, 2.05) is 35.9 Å². The first kappa shape index (κ1) is 18.2. The second-order valence-electron chi connectivity index (χ2n) is 5.70. The van der Waals surface area contributed by atoms with E-state index < -0.39 is 11.8 Å². The van der Waals surface area contributed by atoms with E-state index >= 15 is 0 Å². The van der Waals surface area contributed by atoms with Crippen LogP contribution in [0.25, 0.3) is 10.9 Å². The van der Waals surface area contributed by atoms with Crippen molar-refractivity contribution in [3.8, 4) is 0 Å². The first-order valence-corrected chi connectivity index (χ1v) is 9.07. The molecule has 0 radical (unpaired) electrons. The summed E-state index contributed by atoms with van der Waals surface area (Å²) in [5.41, 5.74) is 6.12. The number of aryl methyl sites for hydroxylation is 1. The third-order valence-corrected chi connectivity index (χ3v) is 5.16. The number of rotatable bonds is 5. The number of halogens is 1. The maximum atomic E-state index is 12.3. The molecule has 0 bridgehead atoms. The Hall–Kier alpha value is -2.64. The van der Waals surface area contributed by atoms with E-state index in [0.29, 0.717) is 14.8 Å².